The fraction of sp³-hybridized carbons (Fsp3) is 0.750. The molecule has 1 unspecified atom stereocenters. The predicted molar refractivity (Wildman–Crippen MR) is 121 cm³/mol. The van der Waals surface area contributed by atoms with Gasteiger partial charge in [-0.3, -0.25) is 4.90 Å². The molecule has 2 bridgehead atoms. The molecule has 0 radical (unpaired) electrons. The average Bonchev–Trinajstić information content (AvgIpc) is 2.93. The molecule has 30 heavy (non-hydrogen) atoms. The van der Waals surface area contributed by atoms with Crippen molar-refractivity contribution < 1.29 is 13.5 Å². The van der Waals surface area contributed by atoms with Gasteiger partial charge in [-0.1, -0.05) is 44.2 Å². The number of aromatic hydroxyl groups is 1. The van der Waals surface area contributed by atoms with Crippen molar-refractivity contribution in [1.82, 2.24) is 9.62 Å². The maximum atomic E-state index is 12.0. The van der Waals surface area contributed by atoms with Gasteiger partial charge in [0.15, 0.2) is 0 Å². The summed E-state index contributed by atoms with van der Waals surface area (Å²) in [5.74, 6) is 1.62. The van der Waals surface area contributed by atoms with Crippen molar-refractivity contribution in [2.24, 2.45) is 5.92 Å². The highest BCUT2D eigenvalue weighted by atomic mass is 32.2. The lowest BCUT2D eigenvalue weighted by molar-refractivity contribution is 0.113. The molecule has 1 aromatic rings. The Morgan fingerprint density at radius 3 is 2.43 bits per heavy atom. The van der Waals surface area contributed by atoms with Crippen LogP contribution in [-0.2, 0) is 10.0 Å². The van der Waals surface area contributed by atoms with Crippen LogP contribution in [0.15, 0.2) is 24.3 Å². The van der Waals surface area contributed by atoms with E-state index in [-0.39, 0.29) is 6.04 Å². The number of phenols is 1. The summed E-state index contributed by atoms with van der Waals surface area (Å²) in [6, 6.07) is 8.79. The lowest BCUT2D eigenvalue weighted by Gasteiger charge is -2.41. The van der Waals surface area contributed by atoms with E-state index in [0.717, 1.165) is 38.1 Å². The molecule has 3 atom stereocenters. The predicted octanol–water partition coefficient (Wildman–Crippen LogP) is 4.38. The van der Waals surface area contributed by atoms with Crippen LogP contribution >= 0.6 is 0 Å². The average molecular weight is 435 g/mol. The van der Waals surface area contributed by atoms with Crippen LogP contribution in [0.2, 0.25) is 0 Å². The molecule has 0 aromatic heterocycles. The van der Waals surface area contributed by atoms with Crippen LogP contribution in [0.4, 0.5) is 0 Å². The molecule has 6 heteroatoms. The third kappa shape index (κ3) is 5.77. The monoisotopic (exact) mass is 434 g/mol. The second-order valence-electron chi connectivity index (χ2n) is 10.0. The Kier molecular flexibility index (Phi) is 7.05. The Morgan fingerprint density at radius 1 is 1.10 bits per heavy atom. The van der Waals surface area contributed by atoms with Gasteiger partial charge in [0, 0.05) is 24.7 Å². The molecule has 3 fully saturated rings. The molecule has 2 aliphatic heterocycles. The third-order valence-corrected chi connectivity index (χ3v) is 8.45. The minimum atomic E-state index is -3.20. The number of hydrogen-bond acceptors (Lipinski definition) is 4. The van der Waals surface area contributed by atoms with Gasteiger partial charge in [0.2, 0.25) is 10.0 Å². The molecule has 3 aliphatic rings. The minimum absolute atomic E-state index is 0.0161. The molecular formula is C24H38N2O3S. The molecule has 0 spiro atoms. The Bertz CT molecular complexity index is 792. The first-order chi connectivity index (χ1) is 14.4. The molecular weight excluding hydrogens is 396 g/mol. The normalized spacial score (nSPS) is 29.2. The highest BCUT2D eigenvalue weighted by Gasteiger charge is 2.42. The van der Waals surface area contributed by atoms with Gasteiger partial charge in [0.05, 0.1) is 6.26 Å². The quantitative estimate of drug-likeness (QED) is 0.637. The number of nitrogens with zero attached hydrogens (tertiary/aromatic N) is 1. The molecule has 0 amide bonds. The summed E-state index contributed by atoms with van der Waals surface area (Å²) < 4.78 is 27.0. The fourth-order valence-electron chi connectivity index (χ4n) is 6.28. The van der Waals surface area contributed by atoms with Gasteiger partial charge in [0.25, 0.3) is 0 Å². The first-order valence-corrected chi connectivity index (χ1v) is 13.8. The van der Waals surface area contributed by atoms with E-state index in [1.54, 1.807) is 6.07 Å². The minimum Gasteiger partial charge on any atom is -0.508 e. The van der Waals surface area contributed by atoms with E-state index in [1.165, 1.54) is 56.8 Å². The van der Waals surface area contributed by atoms with Crippen LogP contribution in [0.25, 0.3) is 0 Å². The van der Waals surface area contributed by atoms with Gasteiger partial charge < -0.3 is 5.11 Å². The van der Waals surface area contributed by atoms with Crippen molar-refractivity contribution in [2.45, 2.75) is 94.7 Å². The molecule has 5 nitrogen and oxygen atoms in total. The SMILES string of the molecule is CS(=O)(=O)NC(CCC1CCCCC1)CN1[C@@H]2CC[C@@H]1CC(c1cccc(O)c1)C2. The Morgan fingerprint density at radius 2 is 1.80 bits per heavy atom. The van der Waals surface area contributed by atoms with Crippen molar-refractivity contribution in [3.05, 3.63) is 29.8 Å². The van der Waals surface area contributed by atoms with Crippen molar-refractivity contribution in [3.8, 4) is 5.75 Å². The number of phenolic OH excluding ortho intramolecular Hbond substituents is 1. The van der Waals surface area contributed by atoms with E-state index in [4.69, 9.17) is 0 Å². The van der Waals surface area contributed by atoms with Crippen LogP contribution in [0.3, 0.4) is 0 Å². The zero-order valence-electron chi connectivity index (χ0n) is 18.3. The van der Waals surface area contributed by atoms with Crippen LogP contribution in [0.1, 0.15) is 82.1 Å². The maximum Gasteiger partial charge on any atom is 0.208 e. The van der Waals surface area contributed by atoms with Crippen molar-refractivity contribution >= 4 is 10.0 Å². The van der Waals surface area contributed by atoms with Crippen LogP contribution in [0.5, 0.6) is 5.75 Å². The Balaban J connectivity index is 1.39. The number of sulfonamides is 1. The highest BCUT2D eigenvalue weighted by Crippen LogP contribution is 2.43. The molecule has 1 aromatic carbocycles. The molecule has 1 aliphatic carbocycles. The molecule has 2 N–H and O–H groups in total. The second-order valence-corrected chi connectivity index (χ2v) is 11.8. The van der Waals surface area contributed by atoms with Gasteiger partial charge in [-0.25, -0.2) is 13.1 Å². The van der Waals surface area contributed by atoms with Crippen molar-refractivity contribution in [1.29, 1.82) is 0 Å². The van der Waals surface area contributed by atoms with Crippen LogP contribution in [0, 0.1) is 5.92 Å². The number of benzene rings is 1. The highest BCUT2D eigenvalue weighted by molar-refractivity contribution is 7.88. The first kappa shape index (κ1) is 22.1. The van der Waals surface area contributed by atoms with Crippen LogP contribution < -0.4 is 4.72 Å². The van der Waals surface area contributed by atoms with Crippen molar-refractivity contribution in [3.63, 3.8) is 0 Å². The second kappa shape index (κ2) is 9.58. The van der Waals surface area contributed by atoms with Gasteiger partial charge in [0.1, 0.15) is 5.75 Å². The van der Waals surface area contributed by atoms with Gasteiger partial charge in [-0.15, -0.1) is 0 Å². The molecule has 168 valence electrons. The Labute approximate surface area is 182 Å². The first-order valence-electron chi connectivity index (χ1n) is 11.9. The number of hydrogen-bond donors (Lipinski definition) is 2. The van der Waals surface area contributed by atoms with E-state index in [1.807, 2.05) is 12.1 Å². The fourth-order valence-corrected chi connectivity index (χ4v) is 7.08. The summed E-state index contributed by atoms with van der Waals surface area (Å²) in [6.07, 6.45) is 14.7. The van der Waals surface area contributed by atoms with Crippen LogP contribution in [-0.4, -0.2) is 49.4 Å². The third-order valence-electron chi connectivity index (χ3n) is 7.69. The van der Waals surface area contributed by atoms with E-state index >= 15 is 0 Å². The van der Waals surface area contributed by atoms with Gasteiger partial charge in [-0.05, 0) is 68.1 Å². The molecule has 2 saturated heterocycles. The number of fused-ring (bicyclic) bond motifs is 2. The zero-order valence-corrected chi connectivity index (χ0v) is 19.1. The molecule has 4 rings (SSSR count). The summed E-state index contributed by atoms with van der Waals surface area (Å²) in [6.45, 7) is 0.835. The lowest BCUT2D eigenvalue weighted by Crippen LogP contribution is -2.50. The summed E-state index contributed by atoms with van der Waals surface area (Å²) in [5.41, 5.74) is 1.25. The van der Waals surface area contributed by atoms with Gasteiger partial charge in [-0.2, -0.15) is 0 Å². The summed E-state index contributed by atoms with van der Waals surface area (Å²) >= 11 is 0. The number of nitrogens with one attached hydrogen (secondary N) is 1. The summed E-state index contributed by atoms with van der Waals surface area (Å²) in [7, 11) is -3.20. The molecule has 1 saturated carbocycles. The summed E-state index contributed by atoms with van der Waals surface area (Å²) in [5, 5.41) is 9.86. The smallest absolute Gasteiger partial charge is 0.208 e. The molecule has 2 heterocycles. The maximum absolute atomic E-state index is 12.0. The zero-order chi connectivity index (χ0) is 21.1. The lowest BCUT2D eigenvalue weighted by atomic mass is 9.84. The van der Waals surface area contributed by atoms with Crippen molar-refractivity contribution in [2.75, 3.05) is 12.8 Å². The number of rotatable bonds is 8. The topological polar surface area (TPSA) is 69.6 Å². The van der Waals surface area contributed by atoms with E-state index < -0.39 is 10.0 Å². The van der Waals surface area contributed by atoms with Gasteiger partial charge >= 0.3 is 0 Å². The number of piperidine rings is 1. The largest absolute Gasteiger partial charge is 0.508 e. The van der Waals surface area contributed by atoms with E-state index in [9.17, 15) is 13.5 Å². The standard InChI is InChI=1S/C24H38N2O3S/c1-30(28,29)25-21(11-10-18-6-3-2-4-7-18)17-26-22-12-13-23(26)15-20(14-22)19-8-5-9-24(27)16-19/h5,8-9,16,18,20-23,25,27H,2-4,6-7,10-15,17H2,1H3/t21?,22-,23-/m1/s1. The summed E-state index contributed by atoms with van der Waals surface area (Å²) in [4.78, 5) is 2.60. The van der Waals surface area contributed by atoms with E-state index in [0.29, 0.717) is 23.8 Å². The Hall–Kier alpha value is -1.11. The van der Waals surface area contributed by atoms with E-state index in [2.05, 4.69) is 15.7 Å².